The van der Waals surface area contributed by atoms with Crippen LogP contribution >= 0.6 is 22.9 Å². The number of anilines is 1. The lowest BCUT2D eigenvalue weighted by Gasteiger charge is -2.05. The van der Waals surface area contributed by atoms with Crippen LogP contribution in [0.15, 0.2) is 58.5 Å². The quantitative estimate of drug-likeness (QED) is 0.499. The Kier molecular flexibility index (Phi) is 4.03. The van der Waals surface area contributed by atoms with Crippen LogP contribution in [0.2, 0.25) is 5.02 Å². The maximum atomic E-state index is 12.6. The second-order valence-electron chi connectivity index (χ2n) is 5.54. The summed E-state index contributed by atoms with van der Waals surface area (Å²) in [5.41, 5.74) is 3.01. The second kappa shape index (κ2) is 6.35. The molecule has 0 spiro atoms. The Morgan fingerprint density at radius 1 is 1.20 bits per heavy atom. The molecule has 0 unspecified atom stereocenters. The minimum atomic E-state index is -0.299. The van der Waals surface area contributed by atoms with E-state index in [0.29, 0.717) is 16.3 Å². The molecule has 1 N–H and O–H groups in total. The molecule has 0 bridgehead atoms. The van der Waals surface area contributed by atoms with Crippen LogP contribution in [0.1, 0.15) is 16.1 Å². The summed E-state index contributed by atoms with van der Waals surface area (Å²) in [6.07, 6.45) is 1.77. The molecule has 124 valence electrons. The number of benzene rings is 2. The molecule has 0 aliphatic carbocycles. The third-order valence-corrected chi connectivity index (χ3v) is 5.06. The lowest BCUT2D eigenvalue weighted by molar-refractivity contribution is 0.0998. The molecule has 2 heterocycles. The number of aromatic nitrogens is 1. The van der Waals surface area contributed by atoms with Crippen molar-refractivity contribution >= 4 is 45.5 Å². The highest BCUT2D eigenvalue weighted by Crippen LogP contribution is 2.31. The fraction of sp³-hybridized carbons (Fsp3) is 0.0526. The zero-order valence-electron chi connectivity index (χ0n) is 13.2. The number of hydrogen-bond acceptors (Lipinski definition) is 4. The van der Waals surface area contributed by atoms with Gasteiger partial charge in [-0.1, -0.05) is 23.7 Å². The molecule has 0 aliphatic rings. The van der Waals surface area contributed by atoms with Gasteiger partial charge in [-0.2, -0.15) is 0 Å². The topological polar surface area (TPSA) is 55.1 Å². The number of rotatable bonds is 3. The number of fused-ring (bicyclic) bond motifs is 1. The number of thiazole rings is 1. The van der Waals surface area contributed by atoms with Crippen LogP contribution in [0.5, 0.6) is 0 Å². The molecule has 4 aromatic rings. The van der Waals surface area contributed by atoms with Gasteiger partial charge in [0.05, 0.1) is 5.02 Å². The second-order valence-corrected chi connectivity index (χ2v) is 6.84. The Hall–Kier alpha value is -2.63. The molecule has 2 aromatic carbocycles. The summed E-state index contributed by atoms with van der Waals surface area (Å²) in [6, 6.07) is 13.0. The molecule has 0 fully saturated rings. The van der Waals surface area contributed by atoms with Crippen LogP contribution in [-0.4, -0.2) is 10.9 Å². The van der Waals surface area contributed by atoms with Crippen LogP contribution in [0, 0.1) is 6.92 Å². The molecule has 4 nitrogen and oxygen atoms in total. The van der Waals surface area contributed by atoms with Crippen LogP contribution in [0.4, 0.5) is 5.69 Å². The number of furan rings is 1. The molecule has 0 saturated carbocycles. The highest BCUT2D eigenvalue weighted by atomic mass is 35.5. The molecule has 0 radical (unpaired) electrons. The van der Waals surface area contributed by atoms with Crippen molar-refractivity contribution in [2.45, 2.75) is 6.92 Å². The van der Waals surface area contributed by atoms with Gasteiger partial charge in [-0.25, -0.2) is 4.98 Å². The van der Waals surface area contributed by atoms with Crippen molar-refractivity contribution in [2.24, 2.45) is 0 Å². The van der Waals surface area contributed by atoms with Crippen LogP contribution in [-0.2, 0) is 0 Å². The van der Waals surface area contributed by atoms with E-state index in [0.717, 1.165) is 21.5 Å². The minimum Gasteiger partial charge on any atom is -0.449 e. The molecule has 0 saturated heterocycles. The number of halogens is 1. The average Bonchev–Trinajstić information content (AvgIpc) is 3.25. The summed E-state index contributed by atoms with van der Waals surface area (Å²) < 4.78 is 5.69. The van der Waals surface area contributed by atoms with E-state index in [1.807, 2.05) is 48.7 Å². The van der Waals surface area contributed by atoms with Gasteiger partial charge in [-0.15, -0.1) is 11.3 Å². The van der Waals surface area contributed by atoms with Gasteiger partial charge in [-0.3, -0.25) is 4.79 Å². The summed E-state index contributed by atoms with van der Waals surface area (Å²) in [5.74, 6) is -0.0288. The number of hydrogen-bond donors (Lipinski definition) is 1. The van der Waals surface area contributed by atoms with E-state index in [2.05, 4.69) is 10.3 Å². The van der Waals surface area contributed by atoms with E-state index in [1.54, 1.807) is 23.6 Å². The molecular weight excluding hydrogens is 356 g/mol. The van der Waals surface area contributed by atoms with Crippen molar-refractivity contribution in [3.8, 4) is 10.6 Å². The van der Waals surface area contributed by atoms with Crippen molar-refractivity contribution in [2.75, 3.05) is 5.32 Å². The first-order valence-electron chi connectivity index (χ1n) is 7.62. The lowest BCUT2D eigenvalue weighted by Crippen LogP contribution is -2.11. The first-order valence-corrected chi connectivity index (χ1v) is 8.88. The maximum absolute atomic E-state index is 12.6. The van der Waals surface area contributed by atoms with Crippen molar-refractivity contribution in [3.05, 3.63) is 70.4 Å². The summed E-state index contributed by atoms with van der Waals surface area (Å²) in [7, 11) is 0. The molecular formula is C19H13ClN2O2S. The van der Waals surface area contributed by atoms with E-state index in [-0.39, 0.29) is 11.7 Å². The number of para-hydroxylation sites is 1. The van der Waals surface area contributed by atoms with Crippen LogP contribution in [0.3, 0.4) is 0 Å². The largest absolute Gasteiger partial charge is 0.449 e. The Morgan fingerprint density at radius 3 is 2.68 bits per heavy atom. The number of amides is 1. The monoisotopic (exact) mass is 368 g/mol. The standard InChI is InChI=1S/C19H13ClN2O2S/c1-11-14-3-2-4-15(20)17(14)24-16(11)18(23)22-13-7-5-12(6-8-13)19-21-9-10-25-19/h2-10H,1H3,(H,22,23). The number of carbonyl (C=O) groups is 1. The van der Waals surface area contributed by atoms with E-state index < -0.39 is 0 Å². The van der Waals surface area contributed by atoms with E-state index >= 15 is 0 Å². The molecule has 0 atom stereocenters. The zero-order valence-corrected chi connectivity index (χ0v) is 14.8. The SMILES string of the molecule is Cc1c(C(=O)Nc2ccc(-c3nccs3)cc2)oc2c(Cl)cccc12. The Bertz CT molecular complexity index is 1050. The highest BCUT2D eigenvalue weighted by Gasteiger charge is 2.19. The van der Waals surface area contributed by atoms with Gasteiger partial charge in [-0.05, 0) is 37.3 Å². The number of nitrogens with zero attached hydrogens (tertiary/aromatic N) is 1. The third kappa shape index (κ3) is 2.92. The van der Waals surface area contributed by atoms with Crippen LogP contribution in [0.25, 0.3) is 21.5 Å². The number of aryl methyl sites for hydroxylation is 1. The summed E-state index contributed by atoms with van der Waals surface area (Å²) in [4.78, 5) is 16.8. The fourth-order valence-electron chi connectivity index (χ4n) is 2.68. The van der Waals surface area contributed by atoms with Crippen molar-refractivity contribution in [1.82, 2.24) is 4.98 Å². The smallest absolute Gasteiger partial charge is 0.291 e. The average molecular weight is 369 g/mol. The van der Waals surface area contributed by atoms with Crippen molar-refractivity contribution in [3.63, 3.8) is 0 Å². The lowest BCUT2D eigenvalue weighted by atomic mass is 10.1. The fourth-order valence-corrected chi connectivity index (χ4v) is 3.53. The molecule has 6 heteroatoms. The predicted molar refractivity (Wildman–Crippen MR) is 101 cm³/mol. The van der Waals surface area contributed by atoms with Gasteiger partial charge in [0, 0.05) is 33.8 Å². The van der Waals surface area contributed by atoms with Gasteiger partial charge in [0.15, 0.2) is 11.3 Å². The van der Waals surface area contributed by atoms with E-state index in [1.165, 1.54) is 0 Å². The normalized spacial score (nSPS) is 11.0. The van der Waals surface area contributed by atoms with Gasteiger partial charge in [0.25, 0.3) is 5.91 Å². The third-order valence-electron chi connectivity index (χ3n) is 3.94. The highest BCUT2D eigenvalue weighted by molar-refractivity contribution is 7.13. The first kappa shape index (κ1) is 15.9. The maximum Gasteiger partial charge on any atom is 0.291 e. The minimum absolute atomic E-state index is 0.270. The van der Waals surface area contributed by atoms with Gasteiger partial charge >= 0.3 is 0 Å². The molecule has 0 aliphatic heterocycles. The van der Waals surface area contributed by atoms with Crippen molar-refractivity contribution < 1.29 is 9.21 Å². The number of carbonyl (C=O) groups excluding carboxylic acids is 1. The summed E-state index contributed by atoms with van der Waals surface area (Å²) in [5, 5.41) is 7.07. The van der Waals surface area contributed by atoms with Gasteiger partial charge < -0.3 is 9.73 Å². The van der Waals surface area contributed by atoms with Gasteiger partial charge in [0.2, 0.25) is 0 Å². The van der Waals surface area contributed by atoms with E-state index in [4.69, 9.17) is 16.0 Å². The molecule has 2 aromatic heterocycles. The Labute approximate surface area is 153 Å². The van der Waals surface area contributed by atoms with Gasteiger partial charge in [0.1, 0.15) is 5.01 Å². The Morgan fingerprint density at radius 2 is 2.00 bits per heavy atom. The predicted octanol–water partition coefficient (Wildman–Crippen LogP) is 5.77. The van der Waals surface area contributed by atoms with Crippen molar-refractivity contribution in [1.29, 1.82) is 0 Å². The summed E-state index contributed by atoms with van der Waals surface area (Å²) in [6.45, 7) is 1.85. The molecule has 4 rings (SSSR count). The zero-order chi connectivity index (χ0) is 17.4. The van der Waals surface area contributed by atoms with Crippen LogP contribution < -0.4 is 5.32 Å². The molecule has 25 heavy (non-hydrogen) atoms. The van der Waals surface area contributed by atoms with E-state index in [9.17, 15) is 4.79 Å². The Balaban J connectivity index is 1.60. The first-order chi connectivity index (χ1) is 12.1. The molecule has 1 amide bonds. The number of nitrogens with one attached hydrogen (secondary N) is 1. The summed E-state index contributed by atoms with van der Waals surface area (Å²) >= 11 is 7.72.